The van der Waals surface area contributed by atoms with E-state index < -0.39 is 5.69 Å². The maximum Gasteiger partial charge on any atom is 0.348 e. The summed E-state index contributed by atoms with van der Waals surface area (Å²) < 4.78 is 1.20. The van der Waals surface area contributed by atoms with E-state index in [2.05, 4.69) is 4.98 Å². The molecule has 0 amide bonds. The van der Waals surface area contributed by atoms with Crippen LogP contribution >= 0.6 is 11.6 Å². The molecular formula is C12H18ClN3O2. The second kappa shape index (κ2) is 4.80. The first-order valence-electron chi connectivity index (χ1n) is 6.23. The summed E-state index contributed by atoms with van der Waals surface area (Å²) in [6.07, 6.45) is 3.09. The maximum absolute atomic E-state index is 12.2. The van der Waals surface area contributed by atoms with Crippen LogP contribution in [0.15, 0.2) is 9.59 Å². The minimum atomic E-state index is -0.462. The molecule has 2 atom stereocenters. The van der Waals surface area contributed by atoms with Gasteiger partial charge in [-0.25, -0.2) is 4.79 Å². The zero-order valence-corrected chi connectivity index (χ0v) is 11.6. The summed E-state index contributed by atoms with van der Waals surface area (Å²) in [4.78, 5) is 26.7. The molecular weight excluding hydrogens is 254 g/mol. The van der Waals surface area contributed by atoms with Gasteiger partial charge in [0.05, 0.1) is 5.56 Å². The summed E-state index contributed by atoms with van der Waals surface area (Å²) in [5, 5.41) is 1.99. The van der Waals surface area contributed by atoms with Crippen LogP contribution in [0, 0.1) is 6.92 Å². The first-order valence-corrected chi connectivity index (χ1v) is 6.61. The Kier molecular flexibility index (Phi) is 3.52. The second-order valence-corrected chi connectivity index (χ2v) is 5.37. The number of rotatable bonds is 1. The Hall–Kier alpha value is -1.23. The van der Waals surface area contributed by atoms with Crippen LogP contribution in [0.4, 0.5) is 0 Å². The number of aromatic amines is 1. The summed E-state index contributed by atoms with van der Waals surface area (Å²) in [5.41, 5.74) is -0.415. The van der Waals surface area contributed by atoms with Gasteiger partial charge in [-0.3, -0.25) is 9.78 Å². The smallest absolute Gasteiger partial charge is 0.300 e. The Labute approximate surface area is 110 Å². The van der Waals surface area contributed by atoms with Crippen molar-refractivity contribution in [3.63, 3.8) is 0 Å². The van der Waals surface area contributed by atoms with Crippen LogP contribution in [0.1, 0.15) is 38.7 Å². The first-order chi connectivity index (χ1) is 8.43. The van der Waals surface area contributed by atoms with E-state index in [0.29, 0.717) is 5.56 Å². The number of hydrogen-bond donors (Lipinski definition) is 1. The quantitative estimate of drug-likeness (QED) is 0.786. The molecule has 0 aromatic carbocycles. The molecule has 0 spiro atoms. The van der Waals surface area contributed by atoms with Crippen LogP contribution in [0.5, 0.6) is 0 Å². The Morgan fingerprint density at radius 3 is 2.33 bits per heavy atom. The average molecular weight is 272 g/mol. The summed E-state index contributed by atoms with van der Waals surface area (Å²) in [7, 11) is 0. The SMILES string of the molecule is Cc1c(Cl)[nH]c(=O)n(N2C(C)CCCC2C)c1=O. The van der Waals surface area contributed by atoms with Crippen molar-refractivity contribution in [2.24, 2.45) is 0 Å². The molecule has 5 nitrogen and oxygen atoms in total. The predicted molar refractivity (Wildman–Crippen MR) is 72.1 cm³/mol. The van der Waals surface area contributed by atoms with Gasteiger partial charge in [-0.05, 0) is 40.0 Å². The van der Waals surface area contributed by atoms with E-state index in [4.69, 9.17) is 11.6 Å². The van der Waals surface area contributed by atoms with E-state index in [1.165, 1.54) is 4.68 Å². The molecule has 2 unspecified atom stereocenters. The summed E-state index contributed by atoms with van der Waals surface area (Å²) in [5.74, 6) is 0. The first kappa shape index (κ1) is 13.2. The lowest BCUT2D eigenvalue weighted by Gasteiger charge is -2.40. The molecule has 1 saturated heterocycles. The minimum absolute atomic E-state index is 0.124. The number of nitrogens with zero attached hydrogens (tertiary/aromatic N) is 2. The Bertz CT molecular complexity index is 553. The molecule has 1 aromatic heterocycles. The fourth-order valence-electron chi connectivity index (χ4n) is 2.60. The highest BCUT2D eigenvalue weighted by Crippen LogP contribution is 2.19. The summed E-state index contributed by atoms with van der Waals surface area (Å²) in [6.45, 7) is 5.69. The van der Waals surface area contributed by atoms with E-state index in [0.717, 1.165) is 19.3 Å². The third-order valence-electron chi connectivity index (χ3n) is 3.63. The van der Waals surface area contributed by atoms with Crippen LogP contribution in [-0.4, -0.2) is 21.7 Å². The molecule has 100 valence electrons. The average Bonchev–Trinajstić information content (AvgIpc) is 2.30. The molecule has 2 rings (SSSR count). The molecule has 1 N–H and O–H groups in total. The highest BCUT2D eigenvalue weighted by molar-refractivity contribution is 6.30. The highest BCUT2D eigenvalue weighted by atomic mass is 35.5. The topological polar surface area (TPSA) is 58.1 Å². The largest absolute Gasteiger partial charge is 0.348 e. The lowest BCUT2D eigenvalue weighted by Crippen LogP contribution is -2.60. The predicted octanol–water partition coefficient (Wildman–Crippen LogP) is 1.40. The van der Waals surface area contributed by atoms with E-state index >= 15 is 0 Å². The van der Waals surface area contributed by atoms with Crippen molar-refractivity contribution >= 4 is 11.6 Å². The van der Waals surface area contributed by atoms with Gasteiger partial charge >= 0.3 is 5.69 Å². The normalized spacial score (nSPS) is 24.3. The van der Waals surface area contributed by atoms with Crippen LogP contribution < -0.4 is 16.3 Å². The Balaban J connectivity index is 2.60. The lowest BCUT2D eigenvalue weighted by atomic mass is 10.00. The fourth-order valence-corrected chi connectivity index (χ4v) is 2.76. The molecule has 1 aromatic rings. The third kappa shape index (κ3) is 2.07. The van der Waals surface area contributed by atoms with Gasteiger partial charge in [-0.1, -0.05) is 11.6 Å². The van der Waals surface area contributed by atoms with E-state index in [1.54, 1.807) is 6.92 Å². The van der Waals surface area contributed by atoms with Gasteiger partial charge < -0.3 is 5.01 Å². The van der Waals surface area contributed by atoms with Crippen molar-refractivity contribution in [2.45, 2.75) is 52.1 Å². The number of halogens is 1. The Morgan fingerprint density at radius 2 is 1.78 bits per heavy atom. The van der Waals surface area contributed by atoms with Crippen LogP contribution in [0.25, 0.3) is 0 Å². The Morgan fingerprint density at radius 1 is 1.22 bits per heavy atom. The molecule has 0 saturated carbocycles. The van der Waals surface area contributed by atoms with Crippen molar-refractivity contribution in [2.75, 3.05) is 5.01 Å². The van der Waals surface area contributed by atoms with Gasteiger partial charge in [0.2, 0.25) is 0 Å². The number of H-pyrrole nitrogens is 1. The second-order valence-electron chi connectivity index (χ2n) is 5.00. The molecule has 0 radical (unpaired) electrons. The van der Waals surface area contributed by atoms with E-state index in [1.807, 2.05) is 18.9 Å². The van der Waals surface area contributed by atoms with Crippen molar-refractivity contribution in [1.29, 1.82) is 0 Å². The van der Waals surface area contributed by atoms with E-state index in [-0.39, 0.29) is 22.8 Å². The number of nitrogens with one attached hydrogen (secondary N) is 1. The van der Waals surface area contributed by atoms with Gasteiger partial charge in [0.1, 0.15) is 5.15 Å². The third-order valence-corrected chi connectivity index (χ3v) is 4.01. The van der Waals surface area contributed by atoms with Gasteiger partial charge in [0.15, 0.2) is 0 Å². The zero-order chi connectivity index (χ0) is 13.4. The van der Waals surface area contributed by atoms with Crippen molar-refractivity contribution in [1.82, 2.24) is 9.66 Å². The molecule has 2 heterocycles. The van der Waals surface area contributed by atoms with Crippen molar-refractivity contribution in [3.8, 4) is 0 Å². The number of hydrogen-bond acceptors (Lipinski definition) is 3. The van der Waals surface area contributed by atoms with Crippen LogP contribution in [0.3, 0.4) is 0 Å². The van der Waals surface area contributed by atoms with Gasteiger partial charge in [-0.2, -0.15) is 4.68 Å². The number of piperidine rings is 1. The van der Waals surface area contributed by atoms with Gasteiger partial charge in [0, 0.05) is 12.1 Å². The maximum atomic E-state index is 12.2. The fraction of sp³-hybridized carbons (Fsp3) is 0.667. The molecule has 0 aliphatic carbocycles. The molecule has 1 aliphatic heterocycles. The van der Waals surface area contributed by atoms with Gasteiger partial charge in [0.25, 0.3) is 5.56 Å². The molecule has 1 fully saturated rings. The van der Waals surface area contributed by atoms with Crippen molar-refractivity contribution in [3.05, 3.63) is 31.6 Å². The van der Waals surface area contributed by atoms with Crippen molar-refractivity contribution < 1.29 is 0 Å². The molecule has 1 aliphatic rings. The zero-order valence-electron chi connectivity index (χ0n) is 10.9. The molecule has 18 heavy (non-hydrogen) atoms. The minimum Gasteiger partial charge on any atom is -0.300 e. The van der Waals surface area contributed by atoms with Crippen LogP contribution in [0.2, 0.25) is 5.15 Å². The van der Waals surface area contributed by atoms with E-state index in [9.17, 15) is 9.59 Å². The number of aromatic nitrogens is 2. The van der Waals surface area contributed by atoms with Crippen LogP contribution in [-0.2, 0) is 0 Å². The van der Waals surface area contributed by atoms with Gasteiger partial charge in [-0.15, -0.1) is 0 Å². The lowest BCUT2D eigenvalue weighted by molar-refractivity contribution is 0.323. The highest BCUT2D eigenvalue weighted by Gasteiger charge is 2.28. The molecule has 0 bridgehead atoms. The molecule has 6 heteroatoms. The monoisotopic (exact) mass is 271 g/mol. The standard InChI is InChI=1S/C12H18ClN3O2/c1-7-5-4-6-8(2)15(7)16-11(17)9(3)10(13)14-12(16)18/h7-8H,4-6H2,1-3H3,(H,14,18). The summed E-state index contributed by atoms with van der Waals surface area (Å²) in [6, 6.07) is 0.348. The summed E-state index contributed by atoms with van der Waals surface area (Å²) >= 11 is 5.82.